The third-order valence-corrected chi connectivity index (χ3v) is 8.68. The van der Waals surface area contributed by atoms with E-state index in [0.29, 0.717) is 5.41 Å². The molecule has 1 aromatic carbocycles. The van der Waals surface area contributed by atoms with Gasteiger partial charge >= 0.3 is 0 Å². The molecule has 0 amide bonds. The highest BCUT2D eigenvalue weighted by atomic mass is 19.2. The van der Waals surface area contributed by atoms with E-state index in [2.05, 4.69) is 6.92 Å². The fraction of sp³-hybridized carbons (Fsp3) is 0.793. The number of benzene rings is 1. The fourth-order valence-corrected chi connectivity index (χ4v) is 6.73. The van der Waals surface area contributed by atoms with Gasteiger partial charge in [-0.25, -0.2) is 8.78 Å². The van der Waals surface area contributed by atoms with Gasteiger partial charge in [0.15, 0.2) is 11.6 Å². The van der Waals surface area contributed by atoms with E-state index in [-0.39, 0.29) is 5.41 Å². The molecule has 176 valence electrons. The molecule has 0 aliphatic heterocycles. The third-order valence-electron chi connectivity index (χ3n) is 8.68. The first-order chi connectivity index (χ1) is 15.1. The molecule has 2 saturated carbocycles. The maximum absolute atomic E-state index is 14.0. The molecule has 0 nitrogen and oxygen atoms in total. The molecular formula is C29H46F2. The van der Waals surface area contributed by atoms with Gasteiger partial charge in [-0.05, 0) is 73.5 Å². The molecule has 2 fully saturated rings. The Labute approximate surface area is 190 Å². The molecule has 1 aromatic rings. The number of hydrogen-bond donors (Lipinski definition) is 0. The molecule has 0 radical (unpaired) electrons. The minimum Gasteiger partial charge on any atom is -0.204 e. The van der Waals surface area contributed by atoms with Crippen LogP contribution in [-0.2, 0) is 5.41 Å². The molecule has 0 atom stereocenters. The van der Waals surface area contributed by atoms with Crippen LogP contribution < -0.4 is 0 Å². The molecular weight excluding hydrogens is 386 g/mol. The van der Waals surface area contributed by atoms with Crippen LogP contribution in [-0.4, -0.2) is 0 Å². The highest BCUT2D eigenvalue weighted by molar-refractivity contribution is 5.27. The van der Waals surface area contributed by atoms with E-state index in [4.69, 9.17) is 0 Å². The lowest BCUT2D eigenvalue weighted by Gasteiger charge is -2.40. The van der Waals surface area contributed by atoms with Gasteiger partial charge in [0.05, 0.1) is 0 Å². The summed E-state index contributed by atoms with van der Waals surface area (Å²) in [5, 5.41) is 0. The zero-order valence-electron chi connectivity index (χ0n) is 20.1. The third kappa shape index (κ3) is 7.03. The maximum Gasteiger partial charge on any atom is 0.159 e. The van der Waals surface area contributed by atoms with E-state index in [0.717, 1.165) is 24.8 Å². The molecule has 2 aliphatic carbocycles. The van der Waals surface area contributed by atoms with Crippen LogP contribution in [0.15, 0.2) is 18.2 Å². The Kier molecular flexibility index (Phi) is 9.85. The van der Waals surface area contributed by atoms with Crippen LogP contribution in [0, 0.1) is 17.0 Å². The summed E-state index contributed by atoms with van der Waals surface area (Å²) in [4.78, 5) is 0. The topological polar surface area (TPSA) is 0 Å². The highest BCUT2D eigenvalue weighted by Gasteiger charge is 2.35. The van der Waals surface area contributed by atoms with Gasteiger partial charge in [-0.3, -0.25) is 0 Å². The molecule has 0 unspecified atom stereocenters. The average Bonchev–Trinajstić information content (AvgIpc) is 2.80. The van der Waals surface area contributed by atoms with Crippen LogP contribution in [0.1, 0.15) is 141 Å². The van der Waals surface area contributed by atoms with Crippen molar-refractivity contribution >= 4 is 0 Å². The van der Waals surface area contributed by atoms with Crippen molar-refractivity contribution in [3.63, 3.8) is 0 Å². The second-order valence-corrected chi connectivity index (χ2v) is 10.9. The molecule has 0 N–H and O–H groups in total. The van der Waals surface area contributed by atoms with Crippen molar-refractivity contribution in [3.8, 4) is 0 Å². The van der Waals surface area contributed by atoms with Gasteiger partial charge in [0.2, 0.25) is 0 Å². The van der Waals surface area contributed by atoms with Crippen molar-refractivity contribution in [2.24, 2.45) is 5.41 Å². The van der Waals surface area contributed by atoms with E-state index < -0.39 is 11.6 Å². The lowest BCUT2D eigenvalue weighted by atomic mass is 9.65. The quantitative estimate of drug-likeness (QED) is 0.288. The van der Waals surface area contributed by atoms with Crippen molar-refractivity contribution in [1.29, 1.82) is 0 Å². The standard InChI is InChI=1S/C29H46F2/c1-2-3-4-5-8-17-28(18-9-6-10-19-28)20-13-14-23-29(21-11-7-12-22-29)25-15-16-26(30)27(31)24-25/h15-16,24H,2-14,17-23H2,1H3. The summed E-state index contributed by atoms with van der Waals surface area (Å²) in [7, 11) is 0. The van der Waals surface area contributed by atoms with E-state index in [1.807, 2.05) is 6.07 Å². The predicted octanol–water partition coefficient (Wildman–Crippen LogP) is 10.0. The summed E-state index contributed by atoms with van der Waals surface area (Å²) >= 11 is 0. The second-order valence-electron chi connectivity index (χ2n) is 10.9. The Morgan fingerprint density at radius 3 is 1.87 bits per heavy atom. The number of hydrogen-bond acceptors (Lipinski definition) is 0. The van der Waals surface area contributed by atoms with Gasteiger partial charge in [0.25, 0.3) is 0 Å². The van der Waals surface area contributed by atoms with Crippen molar-refractivity contribution in [1.82, 2.24) is 0 Å². The molecule has 0 saturated heterocycles. The average molecular weight is 433 g/mol. The second kappa shape index (κ2) is 12.4. The Morgan fingerprint density at radius 2 is 1.23 bits per heavy atom. The van der Waals surface area contributed by atoms with Crippen molar-refractivity contribution in [3.05, 3.63) is 35.4 Å². The van der Waals surface area contributed by atoms with Crippen LogP contribution in [0.2, 0.25) is 0 Å². The Balaban J connectivity index is 1.55. The minimum absolute atomic E-state index is 0.0761. The molecule has 0 heterocycles. The van der Waals surface area contributed by atoms with Gasteiger partial charge in [-0.1, -0.05) is 96.5 Å². The van der Waals surface area contributed by atoms with Crippen molar-refractivity contribution in [2.45, 2.75) is 141 Å². The van der Waals surface area contributed by atoms with E-state index in [9.17, 15) is 8.78 Å². The van der Waals surface area contributed by atoms with Gasteiger partial charge in [-0.2, -0.15) is 0 Å². The van der Waals surface area contributed by atoms with Gasteiger partial charge in [0.1, 0.15) is 0 Å². The lowest BCUT2D eigenvalue weighted by molar-refractivity contribution is 0.143. The monoisotopic (exact) mass is 432 g/mol. The SMILES string of the molecule is CCCCCCCC1(CCCCC2(c3ccc(F)c(F)c3)CCCCC2)CCCCC1. The molecule has 0 spiro atoms. The van der Waals surface area contributed by atoms with Gasteiger partial charge < -0.3 is 0 Å². The Hall–Kier alpha value is -0.920. The smallest absolute Gasteiger partial charge is 0.159 e. The summed E-state index contributed by atoms with van der Waals surface area (Å²) in [6.45, 7) is 2.29. The van der Waals surface area contributed by atoms with Crippen LogP contribution in [0.3, 0.4) is 0 Å². The zero-order valence-corrected chi connectivity index (χ0v) is 20.1. The maximum atomic E-state index is 14.0. The first-order valence-electron chi connectivity index (χ1n) is 13.5. The molecule has 0 bridgehead atoms. The van der Waals surface area contributed by atoms with Crippen molar-refractivity contribution in [2.75, 3.05) is 0 Å². The van der Waals surface area contributed by atoms with Crippen LogP contribution >= 0.6 is 0 Å². The first-order valence-corrected chi connectivity index (χ1v) is 13.5. The van der Waals surface area contributed by atoms with Crippen LogP contribution in [0.25, 0.3) is 0 Å². The summed E-state index contributed by atoms with van der Waals surface area (Å²) in [6.07, 6.45) is 26.6. The van der Waals surface area contributed by atoms with E-state index >= 15 is 0 Å². The van der Waals surface area contributed by atoms with Crippen LogP contribution in [0.4, 0.5) is 8.78 Å². The van der Waals surface area contributed by atoms with Crippen molar-refractivity contribution < 1.29 is 8.78 Å². The highest BCUT2D eigenvalue weighted by Crippen LogP contribution is 2.47. The molecule has 2 heteroatoms. The molecule has 0 aromatic heterocycles. The van der Waals surface area contributed by atoms with E-state index in [1.54, 1.807) is 0 Å². The summed E-state index contributed by atoms with van der Waals surface area (Å²) < 4.78 is 27.5. The molecule has 31 heavy (non-hydrogen) atoms. The largest absolute Gasteiger partial charge is 0.204 e. The van der Waals surface area contributed by atoms with E-state index in [1.165, 1.54) is 121 Å². The Bertz CT molecular complexity index is 638. The Morgan fingerprint density at radius 1 is 0.645 bits per heavy atom. The zero-order chi connectivity index (χ0) is 22.0. The summed E-state index contributed by atoms with van der Waals surface area (Å²) in [5.74, 6) is -1.39. The fourth-order valence-electron chi connectivity index (χ4n) is 6.73. The first kappa shape index (κ1) is 24.7. The number of rotatable bonds is 12. The molecule has 3 rings (SSSR count). The number of unbranched alkanes of at least 4 members (excludes halogenated alkanes) is 5. The lowest BCUT2D eigenvalue weighted by Crippen LogP contribution is -2.30. The number of halogens is 2. The summed E-state index contributed by atoms with van der Waals surface area (Å²) in [6, 6.07) is 4.71. The molecule has 2 aliphatic rings. The van der Waals surface area contributed by atoms with Gasteiger partial charge in [0, 0.05) is 0 Å². The van der Waals surface area contributed by atoms with Crippen LogP contribution in [0.5, 0.6) is 0 Å². The van der Waals surface area contributed by atoms with Gasteiger partial charge in [-0.15, -0.1) is 0 Å². The normalized spacial score (nSPS) is 20.6. The summed E-state index contributed by atoms with van der Waals surface area (Å²) in [5.41, 5.74) is 1.73. The predicted molar refractivity (Wildman–Crippen MR) is 128 cm³/mol. The minimum atomic E-state index is -0.715.